The number of Topliss-reactive ketones (excluding diaryl/α,β-unsaturated/α-hetero) is 1. The molecule has 94 valence electrons. The number of furan rings is 2. The summed E-state index contributed by atoms with van der Waals surface area (Å²) < 4.78 is 10.2. The zero-order chi connectivity index (χ0) is 13.0. The molecule has 0 spiro atoms. The van der Waals surface area contributed by atoms with Crippen LogP contribution in [0.4, 0.5) is 0 Å². The van der Waals surface area contributed by atoms with Gasteiger partial charge in [-0.25, -0.2) is 0 Å². The zero-order valence-electron chi connectivity index (χ0n) is 10.6. The lowest BCUT2D eigenvalue weighted by molar-refractivity contribution is 0.0903. The van der Waals surface area contributed by atoms with E-state index in [1.807, 2.05) is 32.1 Å². The van der Waals surface area contributed by atoms with Gasteiger partial charge in [0.15, 0.2) is 5.76 Å². The molecule has 1 atom stereocenters. The molecule has 3 nitrogen and oxygen atoms in total. The minimum atomic E-state index is -0.0845. The second-order valence-corrected chi connectivity index (χ2v) is 4.45. The Labute approximate surface area is 106 Å². The second kappa shape index (κ2) is 5.54. The van der Waals surface area contributed by atoms with Crippen molar-refractivity contribution < 1.29 is 13.6 Å². The van der Waals surface area contributed by atoms with Crippen molar-refractivity contribution in [3.63, 3.8) is 0 Å². The van der Waals surface area contributed by atoms with Crippen LogP contribution in [0.5, 0.6) is 0 Å². The van der Waals surface area contributed by atoms with Crippen molar-refractivity contribution in [2.75, 3.05) is 0 Å². The molecule has 0 saturated heterocycles. The van der Waals surface area contributed by atoms with Crippen LogP contribution in [-0.4, -0.2) is 5.78 Å². The Kier molecular flexibility index (Phi) is 3.82. The van der Waals surface area contributed by atoms with Crippen LogP contribution >= 0.6 is 0 Å². The van der Waals surface area contributed by atoms with E-state index in [0.717, 1.165) is 11.1 Å². The maximum Gasteiger partial charge on any atom is 0.201 e. The van der Waals surface area contributed by atoms with E-state index in [1.54, 1.807) is 24.9 Å². The summed E-state index contributed by atoms with van der Waals surface area (Å²) in [6.45, 7) is 3.81. The monoisotopic (exact) mass is 244 g/mol. The van der Waals surface area contributed by atoms with Gasteiger partial charge in [0.25, 0.3) is 0 Å². The Morgan fingerprint density at radius 3 is 2.89 bits per heavy atom. The lowest BCUT2D eigenvalue weighted by Gasteiger charge is -2.04. The van der Waals surface area contributed by atoms with Gasteiger partial charge in [-0.1, -0.05) is 19.1 Å². The Bertz CT molecular complexity index is 532. The fraction of sp³-hybridized carbons (Fsp3) is 0.267. The summed E-state index contributed by atoms with van der Waals surface area (Å²) in [4.78, 5) is 12.0. The van der Waals surface area contributed by atoms with E-state index in [4.69, 9.17) is 8.83 Å². The lowest BCUT2D eigenvalue weighted by atomic mass is 10.00. The molecule has 0 amide bonds. The number of ketones is 1. The molecule has 0 bridgehead atoms. The minimum absolute atomic E-state index is 0.0416. The van der Waals surface area contributed by atoms with Crippen molar-refractivity contribution in [3.8, 4) is 0 Å². The minimum Gasteiger partial charge on any atom is -0.472 e. The van der Waals surface area contributed by atoms with Gasteiger partial charge in [-0.2, -0.15) is 0 Å². The number of hydrogen-bond acceptors (Lipinski definition) is 3. The van der Waals surface area contributed by atoms with E-state index in [-0.39, 0.29) is 11.7 Å². The summed E-state index contributed by atoms with van der Waals surface area (Å²) in [5.74, 6) is 0.398. The summed E-state index contributed by atoms with van der Waals surface area (Å²) >= 11 is 0. The van der Waals surface area contributed by atoms with Crippen molar-refractivity contribution in [2.24, 2.45) is 5.92 Å². The van der Waals surface area contributed by atoms with Gasteiger partial charge in [0.1, 0.15) is 0 Å². The normalized spacial score (nSPS) is 13.0. The predicted octanol–water partition coefficient (Wildman–Crippen LogP) is 4.10. The van der Waals surface area contributed by atoms with Crippen LogP contribution in [0.15, 0.2) is 45.8 Å². The fourth-order valence-corrected chi connectivity index (χ4v) is 1.69. The van der Waals surface area contributed by atoms with Gasteiger partial charge in [0.05, 0.1) is 18.8 Å². The summed E-state index contributed by atoms with van der Waals surface area (Å²) in [5, 5.41) is 0. The molecule has 2 aromatic rings. The third-order valence-corrected chi connectivity index (χ3v) is 2.76. The van der Waals surface area contributed by atoms with E-state index >= 15 is 0 Å². The Morgan fingerprint density at radius 2 is 2.28 bits per heavy atom. The molecule has 0 N–H and O–H groups in total. The summed E-state index contributed by atoms with van der Waals surface area (Å²) in [5.41, 5.74) is 1.97. The number of allylic oxidation sites excluding steroid dienone is 1. The van der Waals surface area contributed by atoms with Crippen molar-refractivity contribution in [2.45, 2.75) is 20.3 Å². The van der Waals surface area contributed by atoms with Crippen LogP contribution in [-0.2, 0) is 0 Å². The van der Waals surface area contributed by atoms with Crippen molar-refractivity contribution in [3.05, 3.63) is 53.9 Å². The van der Waals surface area contributed by atoms with E-state index in [0.29, 0.717) is 12.2 Å². The van der Waals surface area contributed by atoms with Gasteiger partial charge in [0.2, 0.25) is 5.78 Å². The first-order valence-corrected chi connectivity index (χ1v) is 5.95. The smallest absolute Gasteiger partial charge is 0.201 e. The molecule has 2 rings (SSSR count). The maximum atomic E-state index is 12.0. The largest absolute Gasteiger partial charge is 0.472 e. The highest BCUT2D eigenvalue weighted by atomic mass is 16.3. The Hall–Kier alpha value is -2.03. The first-order valence-electron chi connectivity index (χ1n) is 5.95. The highest BCUT2D eigenvalue weighted by Gasteiger charge is 2.16. The van der Waals surface area contributed by atoms with Crippen LogP contribution in [0, 0.1) is 12.8 Å². The van der Waals surface area contributed by atoms with Gasteiger partial charge >= 0.3 is 0 Å². The molecule has 0 aromatic carbocycles. The number of hydrogen-bond donors (Lipinski definition) is 0. The van der Waals surface area contributed by atoms with Crippen LogP contribution in [0.1, 0.15) is 35.0 Å². The van der Waals surface area contributed by atoms with Crippen molar-refractivity contribution in [1.29, 1.82) is 0 Å². The molecule has 0 saturated carbocycles. The van der Waals surface area contributed by atoms with Crippen LogP contribution in [0.25, 0.3) is 6.08 Å². The van der Waals surface area contributed by atoms with Gasteiger partial charge in [-0.3, -0.25) is 4.79 Å². The zero-order valence-corrected chi connectivity index (χ0v) is 10.6. The molecular weight excluding hydrogens is 228 g/mol. The highest BCUT2D eigenvalue weighted by molar-refractivity contribution is 5.95. The topological polar surface area (TPSA) is 43.4 Å². The average Bonchev–Trinajstić information content (AvgIpc) is 2.99. The molecule has 0 aliphatic rings. The van der Waals surface area contributed by atoms with E-state index in [2.05, 4.69) is 0 Å². The summed E-state index contributed by atoms with van der Waals surface area (Å²) in [7, 11) is 0. The molecule has 18 heavy (non-hydrogen) atoms. The van der Waals surface area contributed by atoms with E-state index in [1.165, 1.54) is 0 Å². The van der Waals surface area contributed by atoms with E-state index in [9.17, 15) is 4.79 Å². The van der Waals surface area contributed by atoms with Crippen molar-refractivity contribution >= 4 is 11.9 Å². The second-order valence-electron chi connectivity index (χ2n) is 4.45. The quantitative estimate of drug-likeness (QED) is 0.743. The molecular formula is C15H16O3. The number of rotatable bonds is 5. The standard InChI is InChI=1S/C15H16O3/c1-11-8-14(18-9-11)15(16)12(2)4-3-5-13-6-7-17-10-13/h3,5-10,12H,4H2,1-2H3/t12-/m0/s1. The Balaban J connectivity index is 1.92. The predicted molar refractivity (Wildman–Crippen MR) is 69.3 cm³/mol. The first-order chi connectivity index (χ1) is 8.66. The molecule has 3 heteroatoms. The lowest BCUT2D eigenvalue weighted by Crippen LogP contribution is -2.09. The highest BCUT2D eigenvalue weighted by Crippen LogP contribution is 2.16. The summed E-state index contributed by atoms with van der Waals surface area (Å²) in [6, 6.07) is 3.65. The molecule has 2 aromatic heterocycles. The molecule has 0 radical (unpaired) electrons. The summed E-state index contributed by atoms with van der Waals surface area (Å²) in [6.07, 6.45) is 9.49. The third-order valence-electron chi connectivity index (χ3n) is 2.76. The fourth-order valence-electron chi connectivity index (χ4n) is 1.69. The number of aryl methyl sites for hydroxylation is 1. The van der Waals surface area contributed by atoms with Crippen LogP contribution < -0.4 is 0 Å². The number of carbonyl (C=O) groups excluding carboxylic acids is 1. The van der Waals surface area contributed by atoms with Gasteiger partial charge in [0, 0.05) is 11.5 Å². The molecule has 0 fully saturated rings. The van der Waals surface area contributed by atoms with Crippen LogP contribution in [0.2, 0.25) is 0 Å². The van der Waals surface area contributed by atoms with Gasteiger partial charge < -0.3 is 8.83 Å². The SMILES string of the molecule is Cc1coc(C(=O)[C@@H](C)CC=Cc2ccoc2)c1. The molecule has 0 aliphatic carbocycles. The maximum absolute atomic E-state index is 12.0. The molecule has 0 aliphatic heterocycles. The van der Waals surface area contributed by atoms with Crippen molar-refractivity contribution in [1.82, 2.24) is 0 Å². The average molecular weight is 244 g/mol. The Morgan fingerprint density at radius 1 is 1.44 bits per heavy atom. The molecule has 2 heterocycles. The molecule has 0 unspecified atom stereocenters. The van der Waals surface area contributed by atoms with Gasteiger partial charge in [-0.05, 0) is 31.0 Å². The van der Waals surface area contributed by atoms with E-state index < -0.39 is 0 Å². The number of carbonyl (C=O) groups is 1. The van der Waals surface area contributed by atoms with Gasteiger partial charge in [-0.15, -0.1) is 0 Å². The third kappa shape index (κ3) is 3.00. The first kappa shape index (κ1) is 12.4. The van der Waals surface area contributed by atoms with Crippen LogP contribution in [0.3, 0.4) is 0 Å².